The van der Waals surface area contributed by atoms with Gasteiger partial charge in [0, 0.05) is 5.50 Å². The molecule has 0 nitrogen and oxygen atoms in total. The maximum Gasteiger partial charge on any atom is 0.0892 e. The molecular formula is C14H23ClSi. The zero-order valence-electron chi connectivity index (χ0n) is 10.9. The maximum atomic E-state index is 6.15. The molecule has 1 atom stereocenters. The second-order valence-electron chi connectivity index (χ2n) is 4.79. The first-order valence-electron chi connectivity index (χ1n) is 6.31. The highest BCUT2D eigenvalue weighted by molar-refractivity contribution is 6.80. The van der Waals surface area contributed by atoms with Crippen molar-refractivity contribution in [2.24, 2.45) is 0 Å². The van der Waals surface area contributed by atoms with Crippen LogP contribution < -0.4 is 5.19 Å². The van der Waals surface area contributed by atoms with Gasteiger partial charge in [0.1, 0.15) is 0 Å². The molecule has 0 aromatic heterocycles. The SMILES string of the molecule is CCc1cc(CC)cc([SiH](CCl)C(C)C)c1. The largest absolute Gasteiger partial charge is 0.130 e. The van der Waals surface area contributed by atoms with Gasteiger partial charge in [-0.05, 0) is 29.5 Å². The molecule has 0 saturated carbocycles. The van der Waals surface area contributed by atoms with Crippen LogP contribution in [0.2, 0.25) is 5.54 Å². The lowest BCUT2D eigenvalue weighted by molar-refractivity contribution is 1.04. The molecule has 90 valence electrons. The van der Waals surface area contributed by atoms with Crippen LogP contribution in [-0.4, -0.2) is 14.3 Å². The summed E-state index contributed by atoms with van der Waals surface area (Å²) in [5, 5.41) is 1.56. The van der Waals surface area contributed by atoms with Gasteiger partial charge >= 0.3 is 0 Å². The van der Waals surface area contributed by atoms with Crippen molar-refractivity contribution in [1.29, 1.82) is 0 Å². The van der Waals surface area contributed by atoms with Crippen LogP contribution in [0.1, 0.15) is 38.8 Å². The lowest BCUT2D eigenvalue weighted by Gasteiger charge is -2.18. The van der Waals surface area contributed by atoms with E-state index in [1.54, 1.807) is 5.19 Å². The first kappa shape index (κ1) is 13.8. The first-order valence-corrected chi connectivity index (χ1v) is 8.90. The highest BCUT2D eigenvalue weighted by Crippen LogP contribution is 2.13. The number of halogens is 1. The quantitative estimate of drug-likeness (QED) is 0.558. The van der Waals surface area contributed by atoms with Crippen molar-refractivity contribution < 1.29 is 0 Å². The number of benzene rings is 1. The van der Waals surface area contributed by atoms with Crippen molar-refractivity contribution in [3.8, 4) is 0 Å². The number of rotatable bonds is 5. The summed E-state index contributed by atoms with van der Waals surface area (Å²) >= 11 is 6.15. The predicted molar refractivity (Wildman–Crippen MR) is 77.8 cm³/mol. The fourth-order valence-corrected chi connectivity index (χ4v) is 5.83. The third kappa shape index (κ3) is 3.36. The van der Waals surface area contributed by atoms with Gasteiger partial charge in [-0.3, -0.25) is 0 Å². The van der Waals surface area contributed by atoms with Gasteiger partial charge in [0.05, 0.1) is 8.80 Å². The molecule has 0 spiro atoms. The van der Waals surface area contributed by atoms with Crippen molar-refractivity contribution >= 4 is 25.6 Å². The van der Waals surface area contributed by atoms with E-state index in [1.807, 2.05) is 0 Å². The van der Waals surface area contributed by atoms with E-state index in [1.165, 1.54) is 11.1 Å². The van der Waals surface area contributed by atoms with E-state index in [9.17, 15) is 0 Å². The predicted octanol–water partition coefficient (Wildman–Crippen LogP) is 3.43. The van der Waals surface area contributed by atoms with Crippen LogP contribution >= 0.6 is 11.6 Å². The van der Waals surface area contributed by atoms with E-state index in [2.05, 4.69) is 45.9 Å². The van der Waals surface area contributed by atoms with Gasteiger partial charge in [-0.15, -0.1) is 11.6 Å². The molecule has 1 aromatic carbocycles. The fourth-order valence-electron chi connectivity index (χ4n) is 2.07. The lowest BCUT2D eigenvalue weighted by Crippen LogP contribution is -2.35. The standard InChI is InChI=1S/C14H23ClSi/c1-5-12-7-13(6-2)9-14(8-12)16(10-15)11(3)4/h7-9,11,16H,5-6,10H2,1-4H3. The van der Waals surface area contributed by atoms with Crippen LogP contribution in [0.3, 0.4) is 0 Å². The lowest BCUT2D eigenvalue weighted by atomic mass is 10.1. The van der Waals surface area contributed by atoms with Gasteiger partial charge < -0.3 is 0 Å². The summed E-state index contributed by atoms with van der Waals surface area (Å²) in [5.41, 5.74) is 4.54. The van der Waals surface area contributed by atoms with Crippen molar-refractivity contribution in [3.05, 3.63) is 29.3 Å². The van der Waals surface area contributed by atoms with E-state index >= 15 is 0 Å². The van der Waals surface area contributed by atoms with E-state index in [4.69, 9.17) is 11.6 Å². The molecule has 1 aromatic rings. The van der Waals surface area contributed by atoms with Crippen LogP contribution in [-0.2, 0) is 12.8 Å². The summed E-state index contributed by atoms with van der Waals surface area (Å²) in [7, 11) is -0.963. The molecule has 16 heavy (non-hydrogen) atoms. The Labute approximate surface area is 107 Å². The van der Waals surface area contributed by atoms with Crippen molar-refractivity contribution in [3.63, 3.8) is 0 Å². The van der Waals surface area contributed by atoms with Gasteiger partial charge in [-0.2, -0.15) is 0 Å². The number of alkyl halides is 1. The Morgan fingerprint density at radius 2 is 1.56 bits per heavy atom. The van der Waals surface area contributed by atoms with Crippen LogP contribution in [0, 0.1) is 0 Å². The molecule has 0 bridgehead atoms. The maximum absolute atomic E-state index is 6.15. The molecule has 2 heteroatoms. The first-order chi connectivity index (χ1) is 7.62. The van der Waals surface area contributed by atoms with E-state index in [0.29, 0.717) is 0 Å². The second kappa shape index (κ2) is 6.46. The topological polar surface area (TPSA) is 0 Å². The average Bonchev–Trinajstić information content (AvgIpc) is 2.29. The smallest absolute Gasteiger partial charge is 0.0892 e. The van der Waals surface area contributed by atoms with Crippen molar-refractivity contribution in [2.45, 2.75) is 46.1 Å². The monoisotopic (exact) mass is 254 g/mol. The molecule has 0 aliphatic carbocycles. The summed E-state index contributed by atoms with van der Waals surface area (Å²) in [6.07, 6.45) is 2.25. The molecule has 0 amide bonds. The van der Waals surface area contributed by atoms with Crippen molar-refractivity contribution in [2.75, 3.05) is 5.50 Å². The summed E-state index contributed by atoms with van der Waals surface area (Å²) in [4.78, 5) is 0. The summed E-state index contributed by atoms with van der Waals surface area (Å²) in [6, 6.07) is 7.11. The third-order valence-electron chi connectivity index (χ3n) is 3.29. The molecule has 0 aliphatic heterocycles. The number of aryl methyl sites for hydroxylation is 2. The molecule has 1 unspecified atom stereocenters. The van der Waals surface area contributed by atoms with Gasteiger partial charge in [0.2, 0.25) is 0 Å². The minimum atomic E-state index is -0.963. The van der Waals surface area contributed by atoms with E-state index < -0.39 is 8.80 Å². The fraction of sp³-hybridized carbons (Fsp3) is 0.571. The zero-order chi connectivity index (χ0) is 12.1. The highest BCUT2D eigenvalue weighted by atomic mass is 35.5. The molecule has 0 N–H and O–H groups in total. The average molecular weight is 255 g/mol. The third-order valence-corrected chi connectivity index (χ3v) is 7.42. The number of hydrogen-bond donors (Lipinski definition) is 0. The van der Waals surface area contributed by atoms with Crippen LogP contribution in [0.4, 0.5) is 0 Å². The molecule has 0 heterocycles. The Morgan fingerprint density at radius 1 is 1.06 bits per heavy atom. The number of hydrogen-bond acceptors (Lipinski definition) is 0. The summed E-state index contributed by atoms with van der Waals surface area (Å²) in [6.45, 7) is 9.07. The van der Waals surface area contributed by atoms with Crippen LogP contribution in [0.15, 0.2) is 18.2 Å². The Balaban J connectivity index is 3.10. The van der Waals surface area contributed by atoms with Gasteiger partial charge in [-0.1, -0.05) is 51.1 Å². The highest BCUT2D eigenvalue weighted by Gasteiger charge is 2.17. The van der Waals surface area contributed by atoms with Gasteiger partial charge in [-0.25, -0.2) is 0 Å². The molecule has 0 aliphatic rings. The Bertz CT molecular complexity index is 311. The van der Waals surface area contributed by atoms with E-state index in [-0.39, 0.29) is 0 Å². The molecule has 0 fully saturated rings. The molecule has 1 rings (SSSR count). The Hall–Kier alpha value is -0.273. The molecular weight excluding hydrogens is 232 g/mol. The Morgan fingerprint density at radius 3 is 1.88 bits per heavy atom. The molecule has 0 radical (unpaired) electrons. The minimum absolute atomic E-state index is 0.745. The minimum Gasteiger partial charge on any atom is -0.130 e. The summed E-state index contributed by atoms with van der Waals surface area (Å²) in [5.74, 6) is 0. The summed E-state index contributed by atoms with van der Waals surface area (Å²) < 4.78 is 0. The van der Waals surface area contributed by atoms with Crippen molar-refractivity contribution in [1.82, 2.24) is 0 Å². The Kier molecular flexibility index (Phi) is 5.57. The second-order valence-corrected chi connectivity index (χ2v) is 9.24. The normalized spacial score (nSPS) is 13.1. The van der Waals surface area contributed by atoms with Crippen LogP contribution in [0.5, 0.6) is 0 Å². The molecule has 0 saturated heterocycles. The van der Waals surface area contributed by atoms with E-state index in [0.717, 1.165) is 23.9 Å². The van der Waals surface area contributed by atoms with Gasteiger partial charge in [0.15, 0.2) is 0 Å². The zero-order valence-corrected chi connectivity index (χ0v) is 12.8. The van der Waals surface area contributed by atoms with Gasteiger partial charge in [0.25, 0.3) is 0 Å². The van der Waals surface area contributed by atoms with Crippen LogP contribution in [0.25, 0.3) is 0 Å².